The predicted molar refractivity (Wildman–Crippen MR) is 184 cm³/mol. The van der Waals surface area contributed by atoms with Gasteiger partial charge in [-0.1, -0.05) is 84.8 Å². The van der Waals surface area contributed by atoms with E-state index in [4.69, 9.17) is 9.84 Å². The van der Waals surface area contributed by atoms with Gasteiger partial charge in [0.05, 0.1) is 24.4 Å². The molecule has 0 spiro atoms. The normalized spacial score (nSPS) is 27.2. The van der Waals surface area contributed by atoms with Crippen molar-refractivity contribution < 1.29 is 38.9 Å². The van der Waals surface area contributed by atoms with Gasteiger partial charge in [0.25, 0.3) is 0 Å². The average Bonchev–Trinajstić information content (AvgIpc) is 3.37. The summed E-state index contributed by atoms with van der Waals surface area (Å²) in [5.41, 5.74) is 1.17. The van der Waals surface area contributed by atoms with Crippen LogP contribution in [0.2, 0.25) is 0 Å². The van der Waals surface area contributed by atoms with Crippen molar-refractivity contribution >= 4 is 34.9 Å². The van der Waals surface area contributed by atoms with Gasteiger partial charge in [-0.2, -0.15) is 0 Å². The number of fused-ring (bicyclic) bond motifs is 4. The van der Waals surface area contributed by atoms with Crippen LogP contribution in [0.4, 0.5) is 0 Å². The molecule has 3 aromatic carbocycles. The molecule has 1 heterocycles. The van der Waals surface area contributed by atoms with Gasteiger partial charge in [0.2, 0.25) is 11.8 Å². The second-order valence-electron chi connectivity index (χ2n) is 13.7. The number of hydrogen-bond donors (Lipinski definition) is 2. The first-order valence-corrected chi connectivity index (χ1v) is 17.2. The number of phenols is 1. The Hall–Kier alpha value is -5.31. The van der Waals surface area contributed by atoms with Crippen molar-refractivity contribution in [3.8, 4) is 11.5 Å². The number of unbranched alkanes of at least 4 members (excludes halogenated alkanes) is 2. The lowest BCUT2D eigenvalue weighted by Gasteiger charge is -2.55. The highest BCUT2D eigenvalue weighted by Crippen LogP contribution is 2.65. The Bertz CT molecular complexity index is 1930. The van der Waals surface area contributed by atoms with Crippen LogP contribution < -0.4 is 4.74 Å². The zero-order valence-electron chi connectivity index (χ0n) is 27.8. The molecule has 0 bridgehead atoms. The van der Waals surface area contributed by atoms with E-state index in [-0.39, 0.29) is 54.9 Å². The molecule has 9 nitrogen and oxygen atoms in total. The van der Waals surface area contributed by atoms with Crippen molar-refractivity contribution in [2.45, 2.75) is 49.9 Å². The molecule has 50 heavy (non-hydrogen) atoms. The molecule has 0 radical (unpaired) electrons. The highest BCUT2D eigenvalue weighted by atomic mass is 16.5. The molecule has 6 atom stereocenters. The van der Waals surface area contributed by atoms with Crippen molar-refractivity contribution in [2.75, 3.05) is 13.7 Å². The van der Waals surface area contributed by atoms with Gasteiger partial charge >= 0.3 is 5.97 Å². The minimum absolute atomic E-state index is 0.0242. The zero-order chi connectivity index (χ0) is 35.2. The number of carbonyl (C=O) groups excluding carboxylic acids is 4. The molecule has 3 aliphatic carbocycles. The molecule has 2 N–H and O–H groups in total. The maximum Gasteiger partial charge on any atom is 0.303 e. The molecule has 1 aliphatic heterocycles. The number of carboxylic acid groups (broad SMARTS) is 1. The number of allylic oxidation sites excluding steroid dienone is 4. The van der Waals surface area contributed by atoms with Gasteiger partial charge in [0.1, 0.15) is 11.5 Å². The quantitative estimate of drug-likeness (QED) is 0.155. The second kappa shape index (κ2) is 13.2. The van der Waals surface area contributed by atoms with Crippen LogP contribution in [-0.2, 0) is 29.4 Å². The zero-order valence-corrected chi connectivity index (χ0v) is 27.8. The number of ether oxygens (including phenoxy) is 1. The molecule has 4 aliphatic rings. The molecular weight excluding hydrogens is 634 g/mol. The maximum atomic E-state index is 15.1. The van der Waals surface area contributed by atoms with Crippen molar-refractivity contribution in [2.24, 2.45) is 23.7 Å². The van der Waals surface area contributed by atoms with E-state index in [2.05, 4.69) is 0 Å². The fraction of sp³-hybridized carbons (Fsp3) is 0.341. The third-order valence-electron chi connectivity index (χ3n) is 11.3. The lowest BCUT2D eigenvalue weighted by Crippen LogP contribution is -2.58. The maximum absolute atomic E-state index is 15.1. The molecule has 0 aromatic heterocycles. The van der Waals surface area contributed by atoms with Crippen LogP contribution in [0.15, 0.2) is 96.6 Å². The number of amides is 2. The molecular formula is C41H39NO8. The minimum Gasteiger partial charge on any atom is -0.508 e. The van der Waals surface area contributed by atoms with E-state index in [0.717, 1.165) is 5.57 Å². The van der Waals surface area contributed by atoms with E-state index >= 15 is 4.79 Å². The second-order valence-corrected chi connectivity index (χ2v) is 13.7. The average molecular weight is 674 g/mol. The number of methoxy groups -OCH3 is 1. The molecule has 1 saturated heterocycles. The summed E-state index contributed by atoms with van der Waals surface area (Å²) < 4.78 is 5.83. The van der Waals surface area contributed by atoms with Gasteiger partial charge in [-0.05, 0) is 60.9 Å². The van der Waals surface area contributed by atoms with Crippen molar-refractivity contribution in [3.63, 3.8) is 0 Å². The van der Waals surface area contributed by atoms with Crippen LogP contribution in [0, 0.1) is 23.7 Å². The lowest BCUT2D eigenvalue weighted by molar-refractivity contribution is -0.141. The van der Waals surface area contributed by atoms with E-state index in [9.17, 15) is 24.3 Å². The Morgan fingerprint density at radius 2 is 1.60 bits per heavy atom. The number of imide groups is 1. The van der Waals surface area contributed by atoms with Gasteiger partial charge in [0.15, 0.2) is 11.6 Å². The predicted octanol–water partition coefficient (Wildman–Crippen LogP) is 5.87. The van der Waals surface area contributed by atoms with Crippen LogP contribution >= 0.6 is 0 Å². The van der Waals surface area contributed by atoms with Crippen LogP contribution in [0.25, 0.3) is 5.57 Å². The molecule has 1 saturated carbocycles. The molecule has 256 valence electrons. The number of Topliss-reactive ketones (excluding diaryl/α,β-unsaturated/α-hetero) is 1. The van der Waals surface area contributed by atoms with Crippen molar-refractivity contribution in [3.05, 3.63) is 113 Å². The molecule has 3 aromatic rings. The van der Waals surface area contributed by atoms with E-state index in [1.54, 1.807) is 24.3 Å². The fourth-order valence-electron chi connectivity index (χ4n) is 9.20. The summed E-state index contributed by atoms with van der Waals surface area (Å²) in [5, 5.41) is 20.6. The number of phenolic OH excluding ortho intramolecular Hbond substituents is 1. The van der Waals surface area contributed by atoms with Crippen molar-refractivity contribution in [1.82, 2.24) is 4.90 Å². The SMILES string of the molecule is COc1cccc(O)c1[C@H]1C2=CC[C@@H]3C(=O)N(CCCCCC(=O)O)C(=O)[C@@H]3[C@@H]2C[C@H]2C(=O)C(c3ccccc3)=CC(=O)[C@@]12c1ccccc1. The van der Waals surface area contributed by atoms with E-state index in [1.807, 2.05) is 54.6 Å². The highest BCUT2D eigenvalue weighted by Gasteiger charge is 2.66. The van der Waals surface area contributed by atoms with E-state index in [1.165, 1.54) is 24.2 Å². The van der Waals surface area contributed by atoms with Crippen LogP contribution in [0.3, 0.4) is 0 Å². The summed E-state index contributed by atoms with van der Waals surface area (Å²) >= 11 is 0. The number of carbonyl (C=O) groups is 5. The first kappa shape index (κ1) is 33.2. The standard InChI is InChI=1S/C41H39NO8/c1-50-32-17-11-16-31(43)36(32)37-26-19-20-27-35(40(49)42(39(27)48)21-10-4-9-18-34(45)46)29(26)22-30-38(47)28(24-12-5-2-6-13-24)23-33(44)41(30,37)25-14-7-3-8-15-25/h2-3,5-8,11-17,19,23,27,29-30,35,37,43H,4,9-10,18,20-22H2,1H3,(H,45,46)/t27-,29+,30-,35-,37+,41-/m0/s1. The summed E-state index contributed by atoms with van der Waals surface area (Å²) in [6, 6.07) is 23.2. The summed E-state index contributed by atoms with van der Waals surface area (Å²) in [6.45, 7) is 0.193. The van der Waals surface area contributed by atoms with Gasteiger partial charge < -0.3 is 14.9 Å². The first-order chi connectivity index (χ1) is 24.2. The Labute approximate surface area is 290 Å². The van der Waals surface area contributed by atoms with Gasteiger partial charge in [-0.3, -0.25) is 28.9 Å². The number of likely N-dealkylation sites (tertiary alicyclic amines) is 1. The number of carboxylic acids is 1. The molecule has 7 rings (SSSR count). The number of aromatic hydroxyl groups is 1. The molecule has 2 amide bonds. The number of ketones is 2. The van der Waals surface area contributed by atoms with Gasteiger partial charge in [-0.25, -0.2) is 0 Å². The summed E-state index contributed by atoms with van der Waals surface area (Å²) in [5.74, 6) is -5.46. The number of rotatable bonds is 10. The number of nitrogens with zero attached hydrogens (tertiary/aromatic N) is 1. The Balaban J connectivity index is 1.40. The van der Waals surface area contributed by atoms with Crippen molar-refractivity contribution in [1.29, 1.82) is 0 Å². The third kappa shape index (κ3) is 5.18. The number of hydrogen-bond acceptors (Lipinski definition) is 7. The Kier molecular flexibility index (Phi) is 8.76. The monoisotopic (exact) mass is 673 g/mol. The van der Waals surface area contributed by atoms with Crippen LogP contribution in [0.1, 0.15) is 61.1 Å². The topological polar surface area (TPSA) is 138 Å². The Morgan fingerprint density at radius 3 is 2.30 bits per heavy atom. The molecule has 0 unspecified atom stereocenters. The van der Waals surface area contributed by atoms with Crippen LogP contribution in [0.5, 0.6) is 11.5 Å². The highest BCUT2D eigenvalue weighted by molar-refractivity contribution is 6.31. The summed E-state index contributed by atoms with van der Waals surface area (Å²) in [4.78, 5) is 70.5. The largest absolute Gasteiger partial charge is 0.508 e. The van der Waals surface area contributed by atoms with Gasteiger partial charge in [-0.15, -0.1) is 0 Å². The summed E-state index contributed by atoms with van der Waals surface area (Å²) in [6.07, 6.45) is 5.37. The number of benzene rings is 3. The molecule has 2 fully saturated rings. The van der Waals surface area contributed by atoms with Crippen LogP contribution in [-0.4, -0.2) is 58.1 Å². The van der Waals surface area contributed by atoms with E-state index < -0.39 is 41.0 Å². The fourth-order valence-corrected chi connectivity index (χ4v) is 9.20. The Morgan fingerprint density at radius 1 is 0.880 bits per heavy atom. The minimum atomic E-state index is -1.48. The third-order valence-corrected chi connectivity index (χ3v) is 11.3. The number of aliphatic carboxylic acids is 1. The first-order valence-electron chi connectivity index (χ1n) is 17.2. The van der Waals surface area contributed by atoms with E-state index in [0.29, 0.717) is 47.3 Å². The summed E-state index contributed by atoms with van der Waals surface area (Å²) in [7, 11) is 1.49. The molecule has 9 heteroatoms. The smallest absolute Gasteiger partial charge is 0.303 e. The van der Waals surface area contributed by atoms with Gasteiger partial charge in [0, 0.05) is 35.9 Å². The lowest BCUT2D eigenvalue weighted by atomic mass is 9.44.